The highest BCUT2D eigenvalue weighted by Crippen LogP contribution is 2.04. The second-order valence-electron chi connectivity index (χ2n) is 3.61. The Morgan fingerprint density at radius 3 is 2.39 bits per heavy atom. The Labute approximate surface area is 111 Å². The van der Waals surface area contributed by atoms with Crippen LogP contribution in [0.25, 0.3) is 0 Å². The van der Waals surface area contributed by atoms with Crippen LogP contribution in [-0.2, 0) is 16.0 Å². The average molecular weight is 275 g/mol. The molecule has 3 N–H and O–H groups in total. The van der Waals surface area contributed by atoms with Crippen LogP contribution in [0.4, 0.5) is 4.39 Å². The van der Waals surface area contributed by atoms with Crippen LogP contribution < -0.4 is 11.1 Å². The highest BCUT2D eigenvalue weighted by Gasteiger charge is 2.20. The minimum Gasteiger partial charge on any atom is -0.345 e. The molecule has 0 fully saturated rings. The van der Waals surface area contributed by atoms with E-state index in [1.54, 1.807) is 0 Å². The number of alkyl halides is 1. The molecule has 1 rings (SSSR count). The zero-order chi connectivity index (χ0) is 12.7. The van der Waals surface area contributed by atoms with Gasteiger partial charge in [-0.2, -0.15) is 0 Å². The van der Waals surface area contributed by atoms with E-state index in [2.05, 4.69) is 5.32 Å². The molecule has 0 bridgehead atoms. The Bertz CT molecular complexity index is 387. The summed E-state index contributed by atoms with van der Waals surface area (Å²) in [7, 11) is 0. The summed E-state index contributed by atoms with van der Waals surface area (Å²) in [5.74, 6) is -1.11. The van der Waals surface area contributed by atoms with Gasteiger partial charge in [-0.1, -0.05) is 30.3 Å². The van der Waals surface area contributed by atoms with Crippen LogP contribution in [0.2, 0.25) is 0 Å². The highest BCUT2D eigenvalue weighted by atomic mass is 35.5. The quantitative estimate of drug-likeness (QED) is 0.799. The zero-order valence-electron chi connectivity index (χ0n) is 9.77. The van der Waals surface area contributed by atoms with Gasteiger partial charge in [0.2, 0.25) is 5.91 Å². The average Bonchev–Trinajstić information content (AvgIpc) is 2.38. The smallest absolute Gasteiger partial charge is 0.234 e. The van der Waals surface area contributed by atoms with E-state index in [1.807, 2.05) is 30.3 Å². The van der Waals surface area contributed by atoms with Crippen molar-refractivity contribution >= 4 is 24.1 Å². The van der Waals surface area contributed by atoms with Crippen molar-refractivity contribution in [3.8, 4) is 0 Å². The molecule has 18 heavy (non-hydrogen) atoms. The van der Waals surface area contributed by atoms with Gasteiger partial charge in [-0.25, -0.2) is 4.39 Å². The molecule has 0 aromatic heterocycles. The Morgan fingerprint density at radius 1 is 1.28 bits per heavy atom. The van der Waals surface area contributed by atoms with Crippen molar-refractivity contribution in [2.75, 3.05) is 13.2 Å². The van der Waals surface area contributed by atoms with E-state index < -0.39 is 24.4 Å². The Kier molecular flexibility index (Phi) is 7.91. The summed E-state index contributed by atoms with van der Waals surface area (Å²) in [6.07, 6.45) is 0.273. The van der Waals surface area contributed by atoms with E-state index in [-0.39, 0.29) is 25.4 Å². The van der Waals surface area contributed by atoms with Gasteiger partial charge in [0.15, 0.2) is 5.78 Å². The summed E-state index contributed by atoms with van der Waals surface area (Å²) in [5, 5.41) is 2.41. The molecular weight excluding hydrogens is 259 g/mol. The first kappa shape index (κ1) is 16.5. The van der Waals surface area contributed by atoms with Crippen LogP contribution in [0.1, 0.15) is 5.56 Å². The van der Waals surface area contributed by atoms with Gasteiger partial charge in [0.05, 0.1) is 12.6 Å². The molecular formula is C12H16ClFN2O2. The molecule has 0 unspecified atom stereocenters. The van der Waals surface area contributed by atoms with Crippen LogP contribution in [0.15, 0.2) is 30.3 Å². The summed E-state index contributed by atoms with van der Waals surface area (Å²) >= 11 is 0. The normalized spacial score (nSPS) is 11.2. The van der Waals surface area contributed by atoms with Crippen LogP contribution in [0.3, 0.4) is 0 Å². The third-order valence-electron chi connectivity index (χ3n) is 2.32. The molecule has 0 radical (unpaired) electrons. The number of halogens is 2. The Hall–Kier alpha value is -1.46. The maximum Gasteiger partial charge on any atom is 0.234 e. The van der Waals surface area contributed by atoms with Crippen molar-refractivity contribution in [1.82, 2.24) is 5.32 Å². The summed E-state index contributed by atoms with van der Waals surface area (Å²) in [4.78, 5) is 22.5. The molecule has 1 atom stereocenters. The summed E-state index contributed by atoms with van der Waals surface area (Å²) in [6, 6.07) is 8.25. The first-order valence-corrected chi connectivity index (χ1v) is 5.29. The van der Waals surface area contributed by atoms with Gasteiger partial charge in [-0.05, 0) is 12.0 Å². The van der Waals surface area contributed by atoms with E-state index >= 15 is 0 Å². The number of nitrogens with two attached hydrogens (primary N) is 1. The first-order valence-electron chi connectivity index (χ1n) is 5.29. The number of rotatable bonds is 6. The zero-order valence-corrected chi connectivity index (χ0v) is 10.6. The SMILES string of the molecule is Cl.NCC(=O)N[C@@H](Cc1ccccc1)C(=O)CF. The van der Waals surface area contributed by atoms with Crippen LogP contribution in [-0.4, -0.2) is 31.0 Å². The molecule has 100 valence electrons. The summed E-state index contributed by atoms with van der Waals surface area (Å²) in [6.45, 7) is -1.31. The molecule has 4 nitrogen and oxygen atoms in total. The molecule has 1 aromatic carbocycles. The third kappa shape index (κ3) is 5.25. The second kappa shape index (κ2) is 8.60. The van der Waals surface area contributed by atoms with Crippen molar-refractivity contribution in [2.24, 2.45) is 5.73 Å². The van der Waals surface area contributed by atoms with Gasteiger partial charge >= 0.3 is 0 Å². The molecule has 0 saturated heterocycles. The molecule has 0 aliphatic rings. The van der Waals surface area contributed by atoms with Gasteiger partial charge < -0.3 is 11.1 Å². The van der Waals surface area contributed by atoms with Crippen molar-refractivity contribution in [3.05, 3.63) is 35.9 Å². The number of ketones is 1. The molecule has 1 amide bonds. The van der Waals surface area contributed by atoms with E-state index in [0.717, 1.165) is 5.56 Å². The second-order valence-corrected chi connectivity index (χ2v) is 3.61. The Morgan fingerprint density at radius 2 is 1.89 bits per heavy atom. The monoisotopic (exact) mass is 274 g/mol. The number of nitrogens with one attached hydrogen (secondary N) is 1. The fourth-order valence-corrected chi connectivity index (χ4v) is 1.44. The minimum absolute atomic E-state index is 0. The third-order valence-corrected chi connectivity index (χ3v) is 2.32. The summed E-state index contributed by atoms with van der Waals surface area (Å²) < 4.78 is 12.4. The lowest BCUT2D eigenvalue weighted by Gasteiger charge is -2.15. The topological polar surface area (TPSA) is 72.2 Å². The minimum atomic E-state index is -1.09. The van der Waals surface area contributed by atoms with Gasteiger partial charge in [0.25, 0.3) is 0 Å². The molecule has 0 saturated carbocycles. The Balaban J connectivity index is 0.00000289. The number of carbonyl (C=O) groups is 2. The van der Waals surface area contributed by atoms with Crippen molar-refractivity contribution < 1.29 is 14.0 Å². The standard InChI is InChI=1S/C12H15FN2O2.ClH/c13-7-11(16)10(15-12(17)8-14)6-9-4-2-1-3-5-9;/h1-5,10H,6-8,14H2,(H,15,17);1H/t10-;/m0./s1. The van der Waals surface area contributed by atoms with Crippen LogP contribution in [0.5, 0.6) is 0 Å². The number of carbonyl (C=O) groups excluding carboxylic acids is 2. The number of amides is 1. The fourth-order valence-electron chi connectivity index (χ4n) is 1.44. The molecule has 0 aliphatic heterocycles. The highest BCUT2D eigenvalue weighted by molar-refractivity contribution is 5.90. The number of hydrogen-bond donors (Lipinski definition) is 2. The van der Waals surface area contributed by atoms with Crippen LogP contribution in [0, 0.1) is 0 Å². The number of hydrogen-bond acceptors (Lipinski definition) is 3. The first-order chi connectivity index (χ1) is 8.17. The lowest BCUT2D eigenvalue weighted by molar-refractivity contribution is -0.127. The molecule has 0 heterocycles. The number of Topliss-reactive ketones (excluding diaryl/α,β-unsaturated/α-hetero) is 1. The lowest BCUT2D eigenvalue weighted by atomic mass is 10.0. The summed E-state index contributed by atoms with van der Waals surface area (Å²) in [5.41, 5.74) is 6.00. The molecule has 1 aromatic rings. The predicted molar refractivity (Wildman–Crippen MR) is 69.4 cm³/mol. The van der Waals surface area contributed by atoms with Crippen LogP contribution >= 0.6 is 12.4 Å². The number of benzene rings is 1. The lowest BCUT2D eigenvalue weighted by Crippen LogP contribution is -2.45. The fraction of sp³-hybridized carbons (Fsp3) is 0.333. The maximum absolute atomic E-state index is 12.4. The predicted octanol–water partition coefficient (Wildman–Crippen LogP) is 0.633. The maximum atomic E-state index is 12.4. The molecule has 6 heteroatoms. The largest absolute Gasteiger partial charge is 0.345 e. The van der Waals surface area contributed by atoms with Crippen molar-refractivity contribution in [3.63, 3.8) is 0 Å². The van der Waals surface area contributed by atoms with E-state index in [4.69, 9.17) is 5.73 Å². The van der Waals surface area contributed by atoms with Gasteiger partial charge in [0, 0.05) is 0 Å². The van der Waals surface area contributed by atoms with Gasteiger partial charge in [-0.3, -0.25) is 9.59 Å². The van der Waals surface area contributed by atoms with E-state index in [9.17, 15) is 14.0 Å². The van der Waals surface area contributed by atoms with E-state index in [0.29, 0.717) is 0 Å². The van der Waals surface area contributed by atoms with E-state index in [1.165, 1.54) is 0 Å². The van der Waals surface area contributed by atoms with Crippen molar-refractivity contribution in [1.29, 1.82) is 0 Å². The molecule has 0 spiro atoms. The van der Waals surface area contributed by atoms with Gasteiger partial charge in [-0.15, -0.1) is 12.4 Å². The molecule has 0 aliphatic carbocycles. The van der Waals surface area contributed by atoms with Gasteiger partial charge in [0.1, 0.15) is 6.67 Å². The van der Waals surface area contributed by atoms with Crippen molar-refractivity contribution in [2.45, 2.75) is 12.5 Å².